The van der Waals surface area contributed by atoms with Crippen LogP contribution in [0.1, 0.15) is 50.1 Å². The molecule has 6 nitrogen and oxygen atoms in total. The number of carbonyl (C=O) groups excluding carboxylic acids is 2. The van der Waals surface area contributed by atoms with Crippen LogP contribution in [0.2, 0.25) is 0 Å². The van der Waals surface area contributed by atoms with Crippen LogP contribution in [-0.2, 0) is 9.59 Å². The van der Waals surface area contributed by atoms with Gasteiger partial charge in [-0.25, -0.2) is 9.82 Å². The summed E-state index contributed by atoms with van der Waals surface area (Å²) < 4.78 is 13.2. The lowest BCUT2D eigenvalue weighted by molar-refractivity contribution is -0.144. The molecular formula is C22H31FN4O2. The number of halogens is 1. The van der Waals surface area contributed by atoms with Crippen molar-refractivity contribution < 1.29 is 14.0 Å². The van der Waals surface area contributed by atoms with E-state index in [4.69, 9.17) is 0 Å². The highest BCUT2D eigenvalue weighted by atomic mass is 19.1. The van der Waals surface area contributed by atoms with Gasteiger partial charge in [0.15, 0.2) is 0 Å². The summed E-state index contributed by atoms with van der Waals surface area (Å²) in [5, 5.41) is 0. The topological polar surface area (TPSA) is 64.7 Å². The number of benzene rings is 1. The summed E-state index contributed by atoms with van der Waals surface area (Å²) in [7, 11) is 1.86. The normalized spacial score (nSPS) is 28.1. The van der Waals surface area contributed by atoms with Gasteiger partial charge in [-0.3, -0.25) is 15.0 Å². The first-order valence-corrected chi connectivity index (χ1v) is 10.8. The van der Waals surface area contributed by atoms with E-state index in [-0.39, 0.29) is 35.5 Å². The second-order valence-electron chi connectivity index (χ2n) is 8.75. The maximum Gasteiger partial charge on any atom is 0.227 e. The molecule has 0 spiro atoms. The lowest BCUT2D eigenvalue weighted by atomic mass is 9.92. The molecule has 29 heavy (non-hydrogen) atoms. The molecule has 7 heteroatoms. The van der Waals surface area contributed by atoms with Crippen LogP contribution in [0, 0.1) is 17.7 Å². The van der Waals surface area contributed by atoms with Crippen molar-refractivity contribution in [1.82, 2.24) is 20.7 Å². The maximum absolute atomic E-state index is 13.2. The summed E-state index contributed by atoms with van der Waals surface area (Å²) >= 11 is 0. The van der Waals surface area contributed by atoms with Crippen molar-refractivity contribution in [2.75, 3.05) is 26.7 Å². The predicted octanol–water partition coefficient (Wildman–Crippen LogP) is 2.23. The third-order valence-corrected chi connectivity index (χ3v) is 6.77. The summed E-state index contributed by atoms with van der Waals surface area (Å²) in [6.45, 7) is 1.93. The van der Waals surface area contributed by atoms with Crippen LogP contribution in [0.4, 0.5) is 4.39 Å². The third-order valence-electron chi connectivity index (χ3n) is 6.77. The molecule has 2 N–H and O–H groups in total. The average molecular weight is 403 g/mol. The van der Waals surface area contributed by atoms with Crippen LogP contribution >= 0.6 is 0 Å². The summed E-state index contributed by atoms with van der Waals surface area (Å²) in [5.74, 6) is 0.187. The maximum atomic E-state index is 13.2. The van der Waals surface area contributed by atoms with E-state index in [2.05, 4.69) is 10.9 Å². The van der Waals surface area contributed by atoms with Gasteiger partial charge in [-0.05, 0) is 37.0 Å². The molecule has 2 heterocycles. The Morgan fingerprint density at radius 3 is 2.66 bits per heavy atom. The van der Waals surface area contributed by atoms with Crippen molar-refractivity contribution in [3.63, 3.8) is 0 Å². The number of hydrogen-bond acceptors (Lipinski definition) is 4. The van der Waals surface area contributed by atoms with Crippen LogP contribution < -0.4 is 10.9 Å². The standard InChI is InChI=1S/C22H31FN4O2/c1-26(13-17-12-24-25-21(17)15-6-9-18(23)10-7-15)22(29)16-8-11-20(28)27(14-16)19-4-2-3-5-19/h6-7,9-10,16-17,19,21,24-25H,2-5,8,11-14H2,1H3. The number of carbonyl (C=O) groups is 2. The number of hydrazine groups is 1. The molecule has 1 aromatic rings. The summed E-state index contributed by atoms with van der Waals surface area (Å²) in [6, 6.07) is 6.89. The van der Waals surface area contributed by atoms with E-state index in [1.165, 1.54) is 25.0 Å². The van der Waals surface area contributed by atoms with Gasteiger partial charge in [0.05, 0.1) is 12.0 Å². The van der Waals surface area contributed by atoms with Crippen molar-refractivity contribution in [2.45, 2.75) is 50.6 Å². The van der Waals surface area contributed by atoms with Gasteiger partial charge in [-0.2, -0.15) is 0 Å². The Kier molecular flexibility index (Phi) is 6.15. The minimum Gasteiger partial charge on any atom is -0.345 e. The first-order chi connectivity index (χ1) is 14.0. The van der Waals surface area contributed by atoms with Gasteiger partial charge < -0.3 is 9.80 Å². The molecule has 3 aliphatic rings. The number of nitrogens with zero attached hydrogens (tertiary/aromatic N) is 2. The number of amides is 2. The molecule has 3 unspecified atom stereocenters. The molecule has 0 aromatic heterocycles. The van der Waals surface area contributed by atoms with Gasteiger partial charge in [0.25, 0.3) is 0 Å². The highest BCUT2D eigenvalue weighted by Crippen LogP contribution is 2.30. The molecule has 4 rings (SSSR count). The second-order valence-corrected chi connectivity index (χ2v) is 8.75. The van der Waals surface area contributed by atoms with E-state index in [0.717, 1.165) is 24.9 Å². The minimum atomic E-state index is -0.248. The molecule has 1 aromatic carbocycles. The largest absolute Gasteiger partial charge is 0.345 e. The molecular weight excluding hydrogens is 371 g/mol. The molecule has 158 valence electrons. The zero-order valence-corrected chi connectivity index (χ0v) is 17.1. The van der Waals surface area contributed by atoms with E-state index in [1.54, 1.807) is 12.1 Å². The van der Waals surface area contributed by atoms with Crippen molar-refractivity contribution >= 4 is 11.8 Å². The van der Waals surface area contributed by atoms with Crippen molar-refractivity contribution in [2.24, 2.45) is 11.8 Å². The zero-order chi connectivity index (χ0) is 20.4. The van der Waals surface area contributed by atoms with Crippen LogP contribution in [0.25, 0.3) is 0 Å². The SMILES string of the molecule is CN(CC1CNNC1c1ccc(F)cc1)C(=O)C1CCC(=O)N(C2CCCC2)C1. The first-order valence-electron chi connectivity index (χ1n) is 10.8. The minimum absolute atomic E-state index is 0.0359. The van der Waals surface area contributed by atoms with Crippen molar-refractivity contribution in [3.05, 3.63) is 35.6 Å². The van der Waals surface area contributed by atoms with Gasteiger partial charge in [-0.15, -0.1) is 0 Å². The van der Waals surface area contributed by atoms with Crippen molar-refractivity contribution in [1.29, 1.82) is 0 Å². The van der Waals surface area contributed by atoms with Crippen LogP contribution in [0.3, 0.4) is 0 Å². The fourth-order valence-electron chi connectivity index (χ4n) is 5.13. The van der Waals surface area contributed by atoms with Gasteiger partial charge in [0.1, 0.15) is 5.82 Å². The van der Waals surface area contributed by atoms with Crippen molar-refractivity contribution in [3.8, 4) is 0 Å². The number of hydrogen-bond donors (Lipinski definition) is 2. The Balaban J connectivity index is 1.37. The van der Waals surface area contributed by atoms with E-state index >= 15 is 0 Å². The molecule has 0 bridgehead atoms. The monoisotopic (exact) mass is 402 g/mol. The number of piperidine rings is 1. The predicted molar refractivity (Wildman–Crippen MR) is 108 cm³/mol. The third kappa shape index (κ3) is 4.46. The Morgan fingerprint density at radius 1 is 1.21 bits per heavy atom. The summed E-state index contributed by atoms with van der Waals surface area (Å²) in [6.07, 6.45) is 5.63. The molecule has 3 atom stereocenters. The van der Waals surface area contributed by atoms with Gasteiger partial charge in [0.2, 0.25) is 11.8 Å². The fourth-order valence-corrected chi connectivity index (χ4v) is 5.13. The van der Waals surface area contributed by atoms with Crippen LogP contribution in [0.5, 0.6) is 0 Å². The van der Waals surface area contributed by atoms with E-state index < -0.39 is 0 Å². The first kappa shape index (κ1) is 20.3. The number of rotatable bonds is 5. The van der Waals surface area contributed by atoms with Gasteiger partial charge in [-0.1, -0.05) is 25.0 Å². The second kappa shape index (κ2) is 8.79. The lowest BCUT2D eigenvalue weighted by Gasteiger charge is -2.38. The Hall–Kier alpha value is -1.99. The van der Waals surface area contributed by atoms with Crippen LogP contribution in [0.15, 0.2) is 24.3 Å². The van der Waals surface area contributed by atoms with E-state index in [9.17, 15) is 14.0 Å². The number of nitrogens with one attached hydrogen (secondary N) is 2. The zero-order valence-electron chi connectivity index (χ0n) is 17.1. The highest BCUT2D eigenvalue weighted by Gasteiger charge is 2.37. The average Bonchev–Trinajstić information content (AvgIpc) is 3.41. The Labute approximate surface area is 171 Å². The lowest BCUT2D eigenvalue weighted by Crippen LogP contribution is -2.50. The summed E-state index contributed by atoms with van der Waals surface area (Å²) in [4.78, 5) is 29.3. The van der Waals surface area contributed by atoms with Gasteiger partial charge in [0, 0.05) is 45.1 Å². The smallest absolute Gasteiger partial charge is 0.227 e. The fraction of sp³-hybridized carbons (Fsp3) is 0.636. The highest BCUT2D eigenvalue weighted by molar-refractivity contribution is 5.84. The Bertz CT molecular complexity index is 735. The number of likely N-dealkylation sites (tertiary alicyclic amines) is 1. The molecule has 2 aliphatic heterocycles. The molecule has 0 radical (unpaired) electrons. The van der Waals surface area contributed by atoms with Gasteiger partial charge >= 0.3 is 0 Å². The quantitative estimate of drug-likeness (QED) is 0.793. The molecule has 2 saturated heterocycles. The Morgan fingerprint density at radius 2 is 1.93 bits per heavy atom. The molecule has 3 fully saturated rings. The summed E-state index contributed by atoms with van der Waals surface area (Å²) in [5.41, 5.74) is 7.44. The van der Waals surface area contributed by atoms with E-state index in [1.807, 2.05) is 16.8 Å². The molecule has 1 aliphatic carbocycles. The van der Waals surface area contributed by atoms with E-state index in [0.29, 0.717) is 32.0 Å². The molecule has 2 amide bonds. The molecule has 1 saturated carbocycles. The van der Waals surface area contributed by atoms with Crippen LogP contribution in [-0.4, -0.2) is 54.3 Å².